The monoisotopic (exact) mass is 335 g/mol. The average molecular weight is 336 g/mol. The number of halogens is 1. The summed E-state index contributed by atoms with van der Waals surface area (Å²) in [6.07, 6.45) is 0. The predicted molar refractivity (Wildman–Crippen MR) is 88.1 cm³/mol. The number of benzene rings is 2. The highest BCUT2D eigenvalue weighted by molar-refractivity contribution is 6.31. The summed E-state index contributed by atoms with van der Waals surface area (Å²) in [6.45, 7) is 0.0849. The molecule has 0 spiro atoms. The topological polar surface area (TPSA) is 104 Å². The summed E-state index contributed by atoms with van der Waals surface area (Å²) in [6, 6.07) is 10.5. The van der Waals surface area contributed by atoms with Crippen molar-refractivity contribution in [3.8, 4) is 0 Å². The van der Waals surface area contributed by atoms with Gasteiger partial charge in [-0.25, -0.2) is 0 Å². The first-order valence-electron chi connectivity index (χ1n) is 6.71. The standard InChI is InChI=1S/C15H14ClN3O4/c16-10-2-1-3-11(8-10)18-15(21)13-9-12(19(22)23)4-5-14(13)17-6-7-20/h1-5,8-9,17,20H,6-7H2,(H,18,21). The van der Waals surface area contributed by atoms with E-state index >= 15 is 0 Å². The van der Waals surface area contributed by atoms with Gasteiger partial charge in [0, 0.05) is 35.1 Å². The summed E-state index contributed by atoms with van der Waals surface area (Å²) in [7, 11) is 0. The second-order valence-corrected chi connectivity index (χ2v) is 5.04. The van der Waals surface area contributed by atoms with Gasteiger partial charge in [-0.3, -0.25) is 14.9 Å². The Morgan fingerprint density at radius 2 is 2.04 bits per heavy atom. The summed E-state index contributed by atoms with van der Waals surface area (Å²) >= 11 is 5.86. The zero-order valence-corrected chi connectivity index (χ0v) is 12.7. The van der Waals surface area contributed by atoms with Crippen LogP contribution in [0.25, 0.3) is 0 Å². The summed E-state index contributed by atoms with van der Waals surface area (Å²) in [5.74, 6) is -0.517. The number of carbonyl (C=O) groups is 1. The third kappa shape index (κ3) is 4.41. The molecule has 0 aromatic heterocycles. The van der Waals surface area contributed by atoms with Crippen LogP contribution in [0, 0.1) is 10.1 Å². The van der Waals surface area contributed by atoms with Crippen LogP contribution in [0.4, 0.5) is 17.1 Å². The van der Waals surface area contributed by atoms with Gasteiger partial charge in [0.1, 0.15) is 0 Å². The normalized spacial score (nSPS) is 10.2. The number of hydrogen-bond acceptors (Lipinski definition) is 5. The summed E-state index contributed by atoms with van der Waals surface area (Å²) in [4.78, 5) is 22.7. The summed E-state index contributed by atoms with van der Waals surface area (Å²) < 4.78 is 0. The molecule has 0 atom stereocenters. The largest absolute Gasteiger partial charge is 0.395 e. The Hall–Kier alpha value is -2.64. The molecule has 0 aliphatic heterocycles. The van der Waals surface area contributed by atoms with Crippen molar-refractivity contribution in [3.63, 3.8) is 0 Å². The van der Waals surface area contributed by atoms with E-state index in [4.69, 9.17) is 16.7 Å². The number of nitro groups is 1. The van der Waals surface area contributed by atoms with Crippen LogP contribution in [0.2, 0.25) is 5.02 Å². The Balaban J connectivity index is 2.31. The van der Waals surface area contributed by atoms with Crippen molar-refractivity contribution in [2.75, 3.05) is 23.8 Å². The molecule has 0 aliphatic carbocycles. The molecular weight excluding hydrogens is 322 g/mol. The maximum absolute atomic E-state index is 12.4. The SMILES string of the molecule is O=C(Nc1cccc(Cl)c1)c1cc([N+](=O)[O-])ccc1NCCO. The van der Waals surface area contributed by atoms with Gasteiger partial charge in [-0.05, 0) is 24.3 Å². The second-order valence-electron chi connectivity index (χ2n) is 4.60. The first kappa shape index (κ1) is 16.7. The summed E-state index contributed by atoms with van der Waals surface area (Å²) in [5, 5.41) is 25.7. The Labute approximate surface area is 137 Å². The first-order chi connectivity index (χ1) is 11.0. The number of nitrogens with zero attached hydrogens (tertiary/aromatic N) is 1. The lowest BCUT2D eigenvalue weighted by Gasteiger charge is -2.11. The molecule has 2 aromatic carbocycles. The zero-order chi connectivity index (χ0) is 16.8. The van der Waals surface area contributed by atoms with Crippen LogP contribution in [-0.2, 0) is 0 Å². The van der Waals surface area contributed by atoms with Crippen molar-refractivity contribution in [3.05, 3.63) is 63.2 Å². The van der Waals surface area contributed by atoms with E-state index in [2.05, 4.69) is 10.6 Å². The van der Waals surface area contributed by atoms with Crippen LogP contribution in [-0.4, -0.2) is 29.1 Å². The number of aliphatic hydroxyl groups is 1. The van der Waals surface area contributed by atoms with Gasteiger partial charge < -0.3 is 15.7 Å². The molecule has 0 saturated carbocycles. The highest BCUT2D eigenvalue weighted by atomic mass is 35.5. The Kier molecular flexibility index (Phi) is 5.51. The van der Waals surface area contributed by atoms with Crippen LogP contribution in [0.15, 0.2) is 42.5 Å². The third-order valence-corrected chi connectivity index (χ3v) is 3.20. The van der Waals surface area contributed by atoms with E-state index in [0.717, 1.165) is 0 Å². The molecule has 2 rings (SSSR count). The number of rotatable bonds is 6. The van der Waals surface area contributed by atoms with Crippen LogP contribution in [0.5, 0.6) is 0 Å². The lowest BCUT2D eigenvalue weighted by atomic mass is 10.1. The quantitative estimate of drug-likeness (QED) is 0.556. The highest BCUT2D eigenvalue weighted by Crippen LogP contribution is 2.24. The molecule has 120 valence electrons. The molecule has 1 amide bonds. The zero-order valence-electron chi connectivity index (χ0n) is 12.0. The number of nitro benzene ring substituents is 1. The molecule has 0 unspecified atom stereocenters. The van der Waals surface area contributed by atoms with Crippen molar-refractivity contribution in [1.82, 2.24) is 0 Å². The van der Waals surface area contributed by atoms with E-state index in [1.165, 1.54) is 18.2 Å². The molecule has 0 bridgehead atoms. The van der Waals surface area contributed by atoms with Crippen LogP contribution < -0.4 is 10.6 Å². The lowest BCUT2D eigenvalue weighted by Crippen LogP contribution is -2.16. The minimum atomic E-state index is -0.577. The predicted octanol–water partition coefficient (Wildman–Crippen LogP) is 2.90. The molecule has 3 N–H and O–H groups in total. The minimum absolute atomic E-state index is 0.104. The molecule has 0 aliphatic rings. The van der Waals surface area contributed by atoms with E-state index in [9.17, 15) is 14.9 Å². The fourth-order valence-corrected chi connectivity index (χ4v) is 2.13. The number of anilines is 2. The van der Waals surface area contributed by atoms with E-state index in [0.29, 0.717) is 16.4 Å². The van der Waals surface area contributed by atoms with E-state index in [-0.39, 0.29) is 24.4 Å². The molecule has 8 heteroatoms. The van der Waals surface area contributed by atoms with Crippen LogP contribution >= 0.6 is 11.6 Å². The molecule has 0 radical (unpaired) electrons. The Bertz CT molecular complexity index is 736. The second kappa shape index (κ2) is 7.57. The Morgan fingerprint density at radius 1 is 1.26 bits per heavy atom. The fraction of sp³-hybridized carbons (Fsp3) is 0.133. The van der Waals surface area contributed by atoms with Crippen LogP contribution in [0.3, 0.4) is 0 Å². The van der Waals surface area contributed by atoms with Crippen LogP contribution in [0.1, 0.15) is 10.4 Å². The maximum atomic E-state index is 12.4. The molecule has 7 nitrogen and oxygen atoms in total. The average Bonchev–Trinajstić information content (AvgIpc) is 2.52. The third-order valence-electron chi connectivity index (χ3n) is 2.97. The van der Waals surface area contributed by atoms with Gasteiger partial charge in [0.25, 0.3) is 11.6 Å². The van der Waals surface area contributed by atoms with E-state index in [1.807, 2.05) is 0 Å². The Morgan fingerprint density at radius 3 is 2.70 bits per heavy atom. The maximum Gasteiger partial charge on any atom is 0.270 e. The van der Waals surface area contributed by atoms with Crippen molar-refractivity contribution in [1.29, 1.82) is 0 Å². The van der Waals surface area contributed by atoms with Gasteiger partial charge >= 0.3 is 0 Å². The van der Waals surface area contributed by atoms with E-state index in [1.54, 1.807) is 24.3 Å². The fourth-order valence-electron chi connectivity index (χ4n) is 1.94. The number of hydrogen-bond donors (Lipinski definition) is 3. The molecule has 0 heterocycles. The van der Waals surface area contributed by atoms with Gasteiger partial charge in [-0.1, -0.05) is 17.7 Å². The van der Waals surface area contributed by atoms with Gasteiger partial charge in [0.05, 0.1) is 17.1 Å². The number of nitrogens with one attached hydrogen (secondary N) is 2. The van der Waals surface area contributed by atoms with Crippen molar-refractivity contribution < 1.29 is 14.8 Å². The lowest BCUT2D eigenvalue weighted by molar-refractivity contribution is -0.384. The smallest absolute Gasteiger partial charge is 0.270 e. The minimum Gasteiger partial charge on any atom is -0.395 e. The van der Waals surface area contributed by atoms with Crippen molar-refractivity contribution in [2.45, 2.75) is 0 Å². The first-order valence-corrected chi connectivity index (χ1v) is 7.09. The number of aliphatic hydroxyl groups excluding tert-OH is 1. The number of non-ortho nitro benzene ring substituents is 1. The molecule has 0 fully saturated rings. The molecule has 23 heavy (non-hydrogen) atoms. The van der Waals surface area contributed by atoms with Crippen molar-refractivity contribution in [2.24, 2.45) is 0 Å². The van der Waals surface area contributed by atoms with Gasteiger partial charge in [-0.2, -0.15) is 0 Å². The molecule has 2 aromatic rings. The van der Waals surface area contributed by atoms with Gasteiger partial charge in [-0.15, -0.1) is 0 Å². The molecular formula is C15H14ClN3O4. The molecule has 0 saturated heterocycles. The van der Waals surface area contributed by atoms with Gasteiger partial charge in [0.2, 0.25) is 0 Å². The van der Waals surface area contributed by atoms with E-state index < -0.39 is 10.8 Å². The van der Waals surface area contributed by atoms with Gasteiger partial charge in [0.15, 0.2) is 0 Å². The highest BCUT2D eigenvalue weighted by Gasteiger charge is 2.17. The summed E-state index contributed by atoms with van der Waals surface area (Å²) in [5.41, 5.74) is 0.773. The van der Waals surface area contributed by atoms with Crippen molar-refractivity contribution >= 4 is 34.6 Å². The number of amides is 1. The number of carbonyl (C=O) groups excluding carboxylic acids is 1.